The minimum Gasteiger partial charge on any atom is -0.461 e. The van der Waals surface area contributed by atoms with Gasteiger partial charge < -0.3 is 19.7 Å². The number of nitrogens with zero attached hydrogens (tertiary/aromatic N) is 1. The average molecular weight is 334 g/mol. The molecule has 2 amide bonds. The van der Waals surface area contributed by atoms with Crippen molar-refractivity contribution in [2.75, 3.05) is 20.2 Å². The van der Waals surface area contributed by atoms with Gasteiger partial charge in [0.25, 0.3) is 0 Å². The Balaban J connectivity index is 2.28. The van der Waals surface area contributed by atoms with E-state index >= 15 is 0 Å². The molecule has 0 spiro atoms. The van der Waals surface area contributed by atoms with Crippen molar-refractivity contribution in [3.8, 4) is 5.75 Å². The average Bonchev–Trinajstić information content (AvgIpc) is 2.53. The minimum atomic E-state index is -0.683. The number of ether oxygens (including phenoxy) is 2. The van der Waals surface area contributed by atoms with Gasteiger partial charge >= 0.3 is 18.0 Å². The number of rotatable bonds is 7. The molecular formula is C17H22N2O5. The predicted octanol–water partition coefficient (Wildman–Crippen LogP) is 1.74. The molecular weight excluding hydrogens is 312 g/mol. The topological polar surface area (TPSA) is 84.9 Å². The van der Waals surface area contributed by atoms with Crippen LogP contribution in [-0.2, 0) is 14.3 Å². The molecule has 0 atom stereocenters. The van der Waals surface area contributed by atoms with Crippen molar-refractivity contribution in [3.63, 3.8) is 0 Å². The van der Waals surface area contributed by atoms with Crippen LogP contribution in [0.15, 0.2) is 42.5 Å². The summed E-state index contributed by atoms with van der Waals surface area (Å²) in [6, 6.07) is 8.29. The van der Waals surface area contributed by atoms with Gasteiger partial charge in [-0.2, -0.15) is 0 Å². The van der Waals surface area contributed by atoms with Gasteiger partial charge in [0.05, 0.1) is 6.54 Å². The Labute approximate surface area is 141 Å². The van der Waals surface area contributed by atoms with Crippen LogP contribution >= 0.6 is 0 Å². The van der Waals surface area contributed by atoms with Gasteiger partial charge in [0.1, 0.15) is 12.4 Å². The molecule has 0 unspecified atom stereocenters. The Bertz CT molecular complexity index is 584. The van der Waals surface area contributed by atoms with Gasteiger partial charge in [-0.05, 0) is 26.0 Å². The van der Waals surface area contributed by atoms with Crippen LogP contribution in [-0.4, -0.2) is 49.1 Å². The van der Waals surface area contributed by atoms with E-state index in [4.69, 9.17) is 9.47 Å². The summed E-state index contributed by atoms with van der Waals surface area (Å²) in [5, 5.41) is 2.72. The van der Waals surface area contributed by atoms with E-state index in [0.717, 1.165) is 12.2 Å². The third kappa shape index (κ3) is 7.98. The molecule has 7 heteroatoms. The quantitative estimate of drug-likeness (QED) is 0.466. The molecule has 0 aromatic heterocycles. The van der Waals surface area contributed by atoms with Crippen LogP contribution in [0.2, 0.25) is 0 Å². The van der Waals surface area contributed by atoms with Gasteiger partial charge in [0.2, 0.25) is 0 Å². The molecule has 0 bridgehead atoms. The van der Waals surface area contributed by atoms with E-state index in [2.05, 4.69) is 5.32 Å². The normalized spacial score (nSPS) is 10.5. The number of benzene rings is 1. The first-order valence-electron chi connectivity index (χ1n) is 7.52. The summed E-state index contributed by atoms with van der Waals surface area (Å²) in [6.07, 6.45) is 1.98. The molecule has 0 radical (unpaired) electrons. The van der Waals surface area contributed by atoms with Gasteiger partial charge in [-0.1, -0.05) is 18.2 Å². The maximum Gasteiger partial charge on any atom is 0.336 e. The number of likely N-dealkylation sites (N-methyl/N-ethyl adjacent to an activating group) is 1. The molecule has 1 N–H and O–H groups in total. The summed E-state index contributed by atoms with van der Waals surface area (Å²) in [4.78, 5) is 36.0. The second kappa shape index (κ2) is 10.0. The van der Waals surface area contributed by atoms with Crippen LogP contribution in [0.3, 0.4) is 0 Å². The van der Waals surface area contributed by atoms with E-state index in [0.29, 0.717) is 5.75 Å². The Hall–Kier alpha value is -2.83. The van der Waals surface area contributed by atoms with Crippen molar-refractivity contribution in [3.05, 3.63) is 42.5 Å². The summed E-state index contributed by atoms with van der Waals surface area (Å²) in [6.45, 7) is 3.97. The molecule has 0 saturated carbocycles. The Morgan fingerprint density at radius 3 is 2.38 bits per heavy atom. The van der Waals surface area contributed by atoms with Crippen LogP contribution in [0.5, 0.6) is 5.75 Å². The number of urea groups is 1. The molecule has 130 valence electrons. The van der Waals surface area contributed by atoms with Gasteiger partial charge in [-0.25, -0.2) is 14.4 Å². The first kappa shape index (κ1) is 19.2. The lowest BCUT2D eigenvalue weighted by molar-refractivity contribution is -0.138. The summed E-state index contributed by atoms with van der Waals surface area (Å²) in [7, 11) is 1.60. The molecule has 7 nitrogen and oxygen atoms in total. The van der Waals surface area contributed by atoms with Crippen molar-refractivity contribution < 1.29 is 23.9 Å². The van der Waals surface area contributed by atoms with Crippen molar-refractivity contribution in [2.24, 2.45) is 0 Å². The molecule has 0 heterocycles. The molecule has 0 aliphatic rings. The van der Waals surface area contributed by atoms with E-state index < -0.39 is 11.9 Å². The number of hydrogen-bond donors (Lipinski definition) is 1. The fraction of sp³-hybridized carbons (Fsp3) is 0.353. The monoisotopic (exact) mass is 334 g/mol. The van der Waals surface area contributed by atoms with E-state index in [1.165, 1.54) is 4.90 Å². The van der Waals surface area contributed by atoms with Gasteiger partial charge in [-0.3, -0.25) is 0 Å². The second-order valence-electron chi connectivity index (χ2n) is 5.26. The largest absolute Gasteiger partial charge is 0.461 e. The molecule has 1 rings (SSSR count). The number of esters is 2. The maximum absolute atomic E-state index is 11.6. The SMILES string of the molecule is CC(C)NC(=O)N(C)CCOC(=O)/C=C/C(=O)Oc1ccccc1. The van der Waals surface area contributed by atoms with Gasteiger partial charge in [-0.15, -0.1) is 0 Å². The van der Waals surface area contributed by atoms with Crippen molar-refractivity contribution in [1.82, 2.24) is 10.2 Å². The van der Waals surface area contributed by atoms with E-state index in [1.807, 2.05) is 13.8 Å². The van der Waals surface area contributed by atoms with Crippen LogP contribution in [0.4, 0.5) is 4.79 Å². The third-order valence-corrected chi connectivity index (χ3v) is 2.75. The second-order valence-corrected chi connectivity index (χ2v) is 5.26. The molecule has 1 aromatic rings. The number of hydrogen-bond acceptors (Lipinski definition) is 5. The number of carbonyl (C=O) groups excluding carboxylic acids is 3. The predicted molar refractivity (Wildman–Crippen MR) is 88.5 cm³/mol. The van der Waals surface area contributed by atoms with E-state index in [1.54, 1.807) is 37.4 Å². The van der Waals surface area contributed by atoms with E-state index in [-0.39, 0.29) is 25.2 Å². The zero-order chi connectivity index (χ0) is 17.9. The molecule has 0 fully saturated rings. The Morgan fingerprint density at radius 1 is 1.12 bits per heavy atom. The number of nitrogens with one attached hydrogen (secondary N) is 1. The van der Waals surface area contributed by atoms with E-state index in [9.17, 15) is 14.4 Å². The summed E-state index contributed by atoms with van der Waals surface area (Å²) >= 11 is 0. The highest BCUT2D eigenvalue weighted by molar-refractivity contribution is 5.92. The summed E-state index contributed by atoms with van der Waals surface area (Å²) in [5.74, 6) is -0.970. The maximum atomic E-state index is 11.6. The lowest BCUT2D eigenvalue weighted by Crippen LogP contribution is -2.42. The zero-order valence-corrected chi connectivity index (χ0v) is 14.0. The lowest BCUT2D eigenvalue weighted by Gasteiger charge is -2.19. The molecule has 0 aliphatic carbocycles. The van der Waals surface area contributed by atoms with Crippen molar-refractivity contribution in [2.45, 2.75) is 19.9 Å². The highest BCUT2D eigenvalue weighted by atomic mass is 16.5. The molecule has 0 aliphatic heterocycles. The molecule has 24 heavy (non-hydrogen) atoms. The number of para-hydroxylation sites is 1. The number of carbonyl (C=O) groups is 3. The van der Waals surface area contributed by atoms with Crippen LogP contribution in [0, 0.1) is 0 Å². The third-order valence-electron chi connectivity index (χ3n) is 2.75. The Kier molecular flexibility index (Phi) is 8.04. The van der Waals surface area contributed by atoms with Crippen molar-refractivity contribution in [1.29, 1.82) is 0 Å². The highest BCUT2D eigenvalue weighted by Crippen LogP contribution is 2.08. The zero-order valence-electron chi connectivity index (χ0n) is 14.0. The first-order valence-corrected chi connectivity index (χ1v) is 7.52. The van der Waals surface area contributed by atoms with Crippen molar-refractivity contribution >= 4 is 18.0 Å². The standard InChI is InChI=1S/C17H22N2O5/c1-13(2)18-17(22)19(3)11-12-23-15(20)9-10-16(21)24-14-7-5-4-6-8-14/h4-10,13H,11-12H2,1-3H3,(H,18,22)/b10-9+. The fourth-order valence-electron chi connectivity index (χ4n) is 1.56. The Morgan fingerprint density at radius 2 is 1.75 bits per heavy atom. The first-order chi connectivity index (χ1) is 11.4. The fourth-order valence-corrected chi connectivity index (χ4v) is 1.56. The van der Waals surface area contributed by atoms with Gasteiger partial charge in [0.15, 0.2) is 0 Å². The number of amides is 2. The van der Waals surface area contributed by atoms with Crippen LogP contribution in [0.1, 0.15) is 13.8 Å². The van der Waals surface area contributed by atoms with Gasteiger partial charge in [0, 0.05) is 25.2 Å². The molecule has 0 saturated heterocycles. The highest BCUT2D eigenvalue weighted by Gasteiger charge is 2.09. The molecule has 1 aromatic carbocycles. The lowest BCUT2D eigenvalue weighted by atomic mass is 10.3. The smallest absolute Gasteiger partial charge is 0.336 e. The van der Waals surface area contributed by atoms with Crippen LogP contribution < -0.4 is 10.1 Å². The summed E-state index contributed by atoms with van der Waals surface area (Å²) in [5.41, 5.74) is 0. The summed E-state index contributed by atoms with van der Waals surface area (Å²) < 4.78 is 9.89. The minimum absolute atomic E-state index is 0.0267. The van der Waals surface area contributed by atoms with Crippen LogP contribution in [0.25, 0.3) is 0 Å².